The van der Waals surface area contributed by atoms with Gasteiger partial charge in [0.25, 0.3) is 0 Å². The molecule has 2 heterocycles. The van der Waals surface area contributed by atoms with Crippen LogP contribution in [0.4, 0.5) is 0 Å². The van der Waals surface area contributed by atoms with Gasteiger partial charge in [-0.2, -0.15) is 0 Å². The molecule has 1 fully saturated rings. The van der Waals surface area contributed by atoms with E-state index in [9.17, 15) is 4.79 Å². The normalized spacial score (nSPS) is 21.2. The number of hydrogen-bond donors (Lipinski definition) is 1. The molecule has 1 aromatic rings. The molecule has 4 nitrogen and oxygen atoms in total. The first-order chi connectivity index (χ1) is 9.56. The zero-order valence-electron chi connectivity index (χ0n) is 11.9. The van der Waals surface area contributed by atoms with Crippen LogP contribution in [0.15, 0.2) is 18.2 Å². The summed E-state index contributed by atoms with van der Waals surface area (Å²) < 4.78 is 6.29. The number of rotatable bonds is 2. The zero-order chi connectivity index (χ0) is 14.2. The van der Waals surface area contributed by atoms with E-state index in [4.69, 9.17) is 9.84 Å². The molecule has 0 aliphatic carbocycles. The third-order valence-corrected chi connectivity index (χ3v) is 4.52. The number of benzene rings is 1. The van der Waals surface area contributed by atoms with Crippen LogP contribution in [0.1, 0.15) is 30.4 Å². The van der Waals surface area contributed by atoms with Gasteiger partial charge in [0.15, 0.2) is 0 Å². The van der Waals surface area contributed by atoms with Crippen LogP contribution in [-0.4, -0.2) is 41.2 Å². The van der Waals surface area contributed by atoms with E-state index in [0.29, 0.717) is 0 Å². The number of aliphatic carboxylic acids is 1. The average Bonchev–Trinajstić information content (AvgIpc) is 2.42. The molecule has 3 rings (SSSR count). The van der Waals surface area contributed by atoms with Crippen molar-refractivity contribution in [1.82, 2.24) is 4.90 Å². The molecule has 1 saturated heterocycles. The lowest BCUT2D eigenvalue weighted by Crippen LogP contribution is -2.50. The number of carbonyl (C=O) groups is 1. The van der Waals surface area contributed by atoms with Gasteiger partial charge in [0.1, 0.15) is 11.4 Å². The molecular formula is C16H21NO3. The number of piperidine rings is 1. The van der Waals surface area contributed by atoms with Crippen molar-refractivity contribution in [3.05, 3.63) is 29.3 Å². The van der Waals surface area contributed by atoms with E-state index in [1.165, 1.54) is 11.1 Å². The van der Waals surface area contributed by atoms with E-state index >= 15 is 0 Å². The van der Waals surface area contributed by atoms with Gasteiger partial charge in [-0.05, 0) is 44.2 Å². The second-order valence-electron chi connectivity index (χ2n) is 6.07. The fourth-order valence-corrected chi connectivity index (χ4v) is 3.31. The molecule has 0 saturated carbocycles. The van der Waals surface area contributed by atoms with Crippen LogP contribution in [0.2, 0.25) is 0 Å². The minimum atomic E-state index is -0.744. The predicted octanol–water partition coefficient (Wildman–Crippen LogP) is 2.24. The second kappa shape index (κ2) is 5.09. The highest BCUT2D eigenvalue weighted by Gasteiger charge is 2.39. The molecule has 2 aliphatic rings. The third-order valence-electron chi connectivity index (χ3n) is 4.52. The SMILES string of the molecule is Cc1ccc2c(c1)CCC1(CCN(CC(=O)O)CC1)O2. The van der Waals surface area contributed by atoms with Crippen molar-refractivity contribution < 1.29 is 14.6 Å². The van der Waals surface area contributed by atoms with Gasteiger partial charge >= 0.3 is 5.97 Å². The van der Waals surface area contributed by atoms with E-state index in [-0.39, 0.29) is 12.1 Å². The van der Waals surface area contributed by atoms with Crippen LogP contribution < -0.4 is 4.74 Å². The van der Waals surface area contributed by atoms with Gasteiger partial charge in [-0.1, -0.05) is 17.7 Å². The fraction of sp³-hybridized carbons (Fsp3) is 0.562. The summed E-state index contributed by atoms with van der Waals surface area (Å²) in [6.45, 7) is 3.88. The Labute approximate surface area is 119 Å². The van der Waals surface area contributed by atoms with Crippen LogP contribution in [-0.2, 0) is 11.2 Å². The first kappa shape index (κ1) is 13.4. The van der Waals surface area contributed by atoms with Gasteiger partial charge in [0.2, 0.25) is 0 Å². The molecule has 0 amide bonds. The first-order valence-electron chi connectivity index (χ1n) is 7.29. The van der Waals surface area contributed by atoms with Gasteiger partial charge in [0.05, 0.1) is 6.54 Å². The number of fused-ring (bicyclic) bond motifs is 1. The van der Waals surface area contributed by atoms with Crippen LogP contribution in [0.5, 0.6) is 5.75 Å². The van der Waals surface area contributed by atoms with Gasteiger partial charge in [0, 0.05) is 13.1 Å². The number of ether oxygens (including phenoxy) is 1. The second-order valence-corrected chi connectivity index (χ2v) is 6.07. The van der Waals surface area contributed by atoms with Gasteiger partial charge < -0.3 is 9.84 Å². The van der Waals surface area contributed by atoms with Crippen LogP contribution >= 0.6 is 0 Å². The molecule has 1 spiro atoms. The summed E-state index contributed by atoms with van der Waals surface area (Å²) in [5, 5.41) is 8.85. The van der Waals surface area contributed by atoms with Crippen molar-refractivity contribution in [2.75, 3.05) is 19.6 Å². The topological polar surface area (TPSA) is 49.8 Å². The number of likely N-dealkylation sites (tertiary alicyclic amines) is 1. The van der Waals surface area contributed by atoms with Gasteiger partial charge in [-0.15, -0.1) is 0 Å². The standard InChI is InChI=1S/C16H21NO3/c1-12-2-3-14-13(10-12)4-5-16(20-14)6-8-17(9-7-16)11-15(18)19/h2-3,10H,4-9,11H2,1H3,(H,18,19). The van der Waals surface area contributed by atoms with Crippen molar-refractivity contribution in [3.8, 4) is 5.75 Å². The predicted molar refractivity (Wildman–Crippen MR) is 76.2 cm³/mol. The number of carboxylic acid groups (broad SMARTS) is 1. The molecule has 0 atom stereocenters. The average molecular weight is 275 g/mol. The Balaban J connectivity index is 1.68. The van der Waals surface area contributed by atoms with E-state index in [2.05, 4.69) is 25.1 Å². The summed E-state index contributed by atoms with van der Waals surface area (Å²) in [4.78, 5) is 12.8. The zero-order valence-corrected chi connectivity index (χ0v) is 11.9. The highest BCUT2D eigenvalue weighted by atomic mass is 16.5. The Morgan fingerprint density at radius 2 is 2.10 bits per heavy atom. The Hall–Kier alpha value is -1.55. The first-order valence-corrected chi connectivity index (χ1v) is 7.29. The van der Waals surface area contributed by atoms with E-state index in [1.807, 2.05) is 4.90 Å². The molecule has 1 aromatic carbocycles. The molecule has 1 N–H and O–H groups in total. The Bertz CT molecular complexity index is 518. The van der Waals surface area contributed by atoms with Crippen molar-refractivity contribution in [2.45, 2.75) is 38.2 Å². The summed E-state index contributed by atoms with van der Waals surface area (Å²) in [6.07, 6.45) is 3.96. The molecule has 0 radical (unpaired) electrons. The minimum absolute atomic E-state index is 0.0722. The lowest BCUT2D eigenvalue weighted by Gasteiger charge is -2.44. The van der Waals surface area contributed by atoms with E-state index in [0.717, 1.165) is 44.5 Å². The summed E-state index contributed by atoms with van der Waals surface area (Å²) in [5.74, 6) is 0.278. The molecule has 0 bridgehead atoms. The molecular weight excluding hydrogens is 254 g/mol. The maximum atomic E-state index is 10.8. The quantitative estimate of drug-likeness (QED) is 0.899. The molecule has 0 unspecified atom stereocenters. The number of hydrogen-bond acceptors (Lipinski definition) is 3. The number of nitrogens with zero attached hydrogens (tertiary/aromatic N) is 1. The number of aryl methyl sites for hydroxylation is 2. The summed E-state index contributed by atoms with van der Waals surface area (Å²) in [7, 11) is 0. The van der Waals surface area contributed by atoms with Crippen LogP contribution in [0, 0.1) is 6.92 Å². The minimum Gasteiger partial charge on any atom is -0.487 e. The molecule has 4 heteroatoms. The maximum Gasteiger partial charge on any atom is 0.317 e. The van der Waals surface area contributed by atoms with Gasteiger partial charge in [-0.3, -0.25) is 9.69 Å². The highest BCUT2D eigenvalue weighted by Crippen LogP contribution is 2.39. The monoisotopic (exact) mass is 275 g/mol. The number of carboxylic acids is 1. The maximum absolute atomic E-state index is 10.8. The van der Waals surface area contributed by atoms with Crippen molar-refractivity contribution in [3.63, 3.8) is 0 Å². The lowest BCUT2D eigenvalue weighted by molar-refractivity contribution is -0.139. The molecule has 2 aliphatic heterocycles. The third kappa shape index (κ3) is 2.66. The van der Waals surface area contributed by atoms with Crippen LogP contribution in [0.25, 0.3) is 0 Å². The molecule has 20 heavy (non-hydrogen) atoms. The lowest BCUT2D eigenvalue weighted by atomic mass is 9.83. The van der Waals surface area contributed by atoms with Crippen molar-refractivity contribution in [2.24, 2.45) is 0 Å². The van der Waals surface area contributed by atoms with E-state index < -0.39 is 5.97 Å². The fourth-order valence-electron chi connectivity index (χ4n) is 3.31. The largest absolute Gasteiger partial charge is 0.487 e. The van der Waals surface area contributed by atoms with Gasteiger partial charge in [-0.25, -0.2) is 0 Å². The molecule has 108 valence electrons. The Kier molecular flexibility index (Phi) is 3.42. The van der Waals surface area contributed by atoms with Crippen molar-refractivity contribution >= 4 is 5.97 Å². The van der Waals surface area contributed by atoms with Crippen LogP contribution in [0.3, 0.4) is 0 Å². The Morgan fingerprint density at radius 3 is 2.80 bits per heavy atom. The Morgan fingerprint density at radius 1 is 1.35 bits per heavy atom. The smallest absolute Gasteiger partial charge is 0.317 e. The highest BCUT2D eigenvalue weighted by molar-refractivity contribution is 5.69. The summed E-state index contributed by atoms with van der Waals surface area (Å²) >= 11 is 0. The molecule has 0 aromatic heterocycles. The van der Waals surface area contributed by atoms with E-state index in [1.54, 1.807) is 0 Å². The summed E-state index contributed by atoms with van der Waals surface area (Å²) in [6, 6.07) is 6.38. The van der Waals surface area contributed by atoms with Crippen molar-refractivity contribution in [1.29, 1.82) is 0 Å². The summed E-state index contributed by atoms with van der Waals surface area (Å²) in [5.41, 5.74) is 2.51.